The largest absolute Gasteiger partial charge is 0.438 e. The van der Waals surface area contributed by atoms with Crippen LogP contribution in [0.1, 0.15) is 18.9 Å². The van der Waals surface area contributed by atoms with E-state index in [0.29, 0.717) is 11.7 Å². The van der Waals surface area contributed by atoms with Gasteiger partial charge in [-0.15, -0.1) is 0 Å². The minimum Gasteiger partial charge on any atom is -0.438 e. The van der Waals surface area contributed by atoms with E-state index < -0.39 is 0 Å². The Balaban J connectivity index is 2.15. The Morgan fingerprint density at radius 1 is 1.44 bits per heavy atom. The lowest BCUT2D eigenvalue weighted by atomic mass is 10.2. The lowest BCUT2D eigenvalue weighted by Crippen LogP contribution is -2.24. The van der Waals surface area contributed by atoms with Crippen molar-refractivity contribution in [2.75, 3.05) is 0 Å². The Morgan fingerprint density at radius 2 is 2.17 bits per heavy atom. The normalized spacial score (nSPS) is 11.8. The van der Waals surface area contributed by atoms with Crippen LogP contribution in [0.3, 0.4) is 0 Å². The molecule has 4 nitrogen and oxygen atoms in total. The van der Waals surface area contributed by atoms with Gasteiger partial charge in [0.2, 0.25) is 11.8 Å². The maximum atomic E-state index is 11.2. The van der Waals surface area contributed by atoms with Gasteiger partial charge >= 0.3 is 0 Å². The molecule has 0 aliphatic rings. The van der Waals surface area contributed by atoms with Crippen molar-refractivity contribution in [3.63, 3.8) is 0 Å². The van der Waals surface area contributed by atoms with Crippen molar-refractivity contribution in [1.82, 2.24) is 10.3 Å². The number of carbonyl (C=O) groups excluding carboxylic acids is 1. The van der Waals surface area contributed by atoms with Crippen molar-refractivity contribution in [1.29, 1.82) is 0 Å². The van der Waals surface area contributed by atoms with Crippen molar-refractivity contribution < 1.29 is 9.21 Å². The fraction of sp³-hybridized carbons (Fsp3) is 0.143. The quantitative estimate of drug-likeness (QED) is 0.839. The molecule has 0 radical (unpaired) electrons. The molecule has 1 N–H and O–H groups in total. The summed E-state index contributed by atoms with van der Waals surface area (Å²) in [5.74, 6) is 0.913. The zero-order chi connectivity index (χ0) is 13.0. The smallest absolute Gasteiger partial charge is 0.244 e. The highest BCUT2D eigenvalue weighted by Crippen LogP contribution is 2.22. The number of rotatable bonds is 4. The van der Waals surface area contributed by atoms with E-state index in [-0.39, 0.29) is 11.9 Å². The Kier molecular flexibility index (Phi) is 3.57. The van der Waals surface area contributed by atoms with E-state index in [1.54, 1.807) is 6.20 Å². The maximum absolute atomic E-state index is 11.2. The highest BCUT2D eigenvalue weighted by molar-refractivity contribution is 5.87. The predicted octanol–water partition coefficient (Wildman–Crippen LogP) is 2.70. The monoisotopic (exact) mass is 242 g/mol. The number of hydrogen-bond acceptors (Lipinski definition) is 3. The van der Waals surface area contributed by atoms with Crippen LogP contribution in [0, 0.1) is 0 Å². The third-order valence-corrected chi connectivity index (χ3v) is 2.50. The van der Waals surface area contributed by atoms with E-state index in [1.165, 1.54) is 6.08 Å². The maximum Gasteiger partial charge on any atom is 0.244 e. The van der Waals surface area contributed by atoms with Crippen molar-refractivity contribution in [2.45, 2.75) is 13.0 Å². The minimum absolute atomic E-state index is 0.248. The molecule has 18 heavy (non-hydrogen) atoms. The Morgan fingerprint density at radius 3 is 2.83 bits per heavy atom. The second-order valence-corrected chi connectivity index (χ2v) is 3.86. The van der Waals surface area contributed by atoms with Gasteiger partial charge in [-0.25, -0.2) is 4.98 Å². The molecule has 0 bridgehead atoms. The molecular formula is C14H14N2O2. The first-order valence-corrected chi connectivity index (χ1v) is 5.65. The van der Waals surface area contributed by atoms with Crippen molar-refractivity contribution in [2.24, 2.45) is 0 Å². The zero-order valence-electron chi connectivity index (χ0n) is 10.1. The summed E-state index contributed by atoms with van der Waals surface area (Å²) in [5, 5.41) is 2.70. The fourth-order valence-corrected chi connectivity index (χ4v) is 1.56. The SMILES string of the molecule is C=CC(=O)NC(C)c1ncc(-c2ccccc2)o1. The van der Waals surface area contributed by atoms with E-state index >= 15 is 0 Å². The first kappa shape index (κ1) is 12.1. The number of nitrogens with zero attached hydrogens (tertiary/aromatic N) is 1. The van der Waals surface area contributed by atoms with Crippen molar-refractivity contribution in [3.8, 4) is 11.3 Å². The van der Waals surface area contributed by atoms with Gasteiger partial charge in [-0.05, 0) is 13.0 Å². The Bertz CT molecular complexity index is 546. The molecule has 2 aromatic rings. The van der Waals surface area contributed by atoms with Crippen LogP contribution < -0.4 is 5.32 Å². The lowest BCUT2D eigenvalue weighted by Gasteiger charge is -2.07. The van der Waals surface area contributed by atoms with Crippen LogP contribution in [0.5, 0.6) is 0 Å². The van der Waals surface area contributed by atoms with E-state index in [0.717, 1.165) is 5.56 Å². The molecule has 0 spiro atoms. The van der Waals surface area contributed by atoms with Crippen LogP contribution in [0.25, 0.3) is 11.3 Å². The van der Waals surface area contributed by atoms with Crippen LogP contribution in [-0.4, -0.2) is 10.9 Å². The van der Waals surface area contributed by atoms with Gasteiger partial charge in [0.1, 0.15) is 6.04 Å². The number of aromatic nitrogens is 1. The standard InChI is InChI=1S/C14H14N2O2/c1-3-13(17)16-10(2)14-15-9-12(18-14)11-7-5-4-6-8-11/h3-10H,1H2,2H3,(H,16,17). The molecule has 92 valence electrons. The topological polar surface area (TPSA) is 55.1 Å². The molecule has 1 aromatic heterocycles. The molecule has 1 atom stereocenters. The summed E-state index contributed by atoms with van der Waals surface area (Å²) in [5.41, 5.74) is 0.957. The minimum atomic E-state index is -0.284. The summed E-state index contributed by atoms with van der Waals surface area (Å²) in [7, 11) is 0. The molecule has 0 fully saturated rings. The molecule has 1 aromatic carbocycles. The highest BCUT2D eigenvalue weighted by Gasteiger charge is 2.14. The zero-order valence-corrected chi connectivity index (χ0v) is 10.1. The van der Waals surface area contributed by atoms with Gasteiger partial charge in [0.05, 0.1) is 6.20 Å². The van der Waals surface area contributed by atoms with Gasteiger partial charge in [-0.1, -0.05) is 36.9 Å². The molecule has 0 aliphatic carbocycles. The van der Waals surface area contributed by atoms with E-state index in [2.05, 4.69) is 16.9 Å². The molecule has 0 aliphatic heterocycles. The average molecular weight is 242 g/mol. The number of carbonyl (C=O) groups is 1. The van der Waals surface area contributed by atoms with Crippen LogP contribution in [0.4, 0.5) is 0 Å². The Hall–Kier alpha value is -2.36. The third kappa shape index (κ3) is 2.66. The first-order chi connectivity index (χ1) is 8.70. The van der Waals surface area contributed by atoms with Crippen LogP contribution >= 0.6 is 0 Å². The number of oxazole rings is 1. The third-order valence-electron chi connectivity index (χ3n) is 2.50. The average Bonchev–Trinajstić information content (AvgIpc) is 2.89. The van der Waals surface area contributed by atoms with E-state index in [1.807, 2.05) is 37.3 Å². The van der Waals surface area contributed by atoms with Crippen molar-refractivity contribution >= 4 is 5.91 Å². The molecule has 2 rings (SSSR count). The molecule has 1 heterocycles. The number of nitrogens with one attached hydrogen (secondary N) is 1. The Labute approximate surface area is 105 Å². The van der Waals surface area contributed by atoms with Gasteiger partial charge < -0.3 is 9.73 Å². The summed E-state index contributed by atoms with van der Waals surface area (Å²) in [6.45, 7) is 5.20. The fourth-order valence-electron chi connectivity index (χ4n) is 1.56. The molecule has 1 amide bonds. The summed E-state index contributed by atoms with van der Waals surface area (Å²) in [4.78, 5) is 15.3. The van der Waals surface area contributed by atoms with Crippen LogP contribution in [-0.2, 0) is 4.79 Å². The summed E-state index contributed by atoms with van der Waals surface area (Å²) < 4.78 is 5.62. The second kappa shape index (κ2) is 5.31. The van der Waals surface area contributed by atoms with E-state index in [9.17, 15) is 4.79 Å². The predicted molar refractivity (Wildman–Crippen MR) is 68.7 cm³/mol. The number of hydrogen-bond donors (Lipinski definition) is 1. The van der Waals surface area contributed by atoms with Crippen LogP contribution in [0.15, 0.2) is 53.6 Å². The number of amides is 1. The molecule has 0 saturated carbocycles. The molecule has 1 unspecified atom stereocenters. The van der Waals surface area contributed by atoms with Gasteiger partial charge in [-0.2, -0.15) is 0 Å². The van der Waals surface area contributed by atoms with Gasteiger partial charge in [0.25, 0.3) is 0 Å². The van der Waals surface area contributed by atoms with Gasteiger partial charge in [0.15, 0.2) is 5.76 Å². The molecular weight excluding hydrogens is 228 g/mol. The summed E-state index contributed by atoms with van der Waals surface area (Å²) >= 11 is 0. The lowest BCUT2D eigenvalue weighted by molar-refractivity contribution is -0.117. The highest BCUT2D eigenvalue weighted by atomic mass is 16.4. The van der Waals surface area contributed by atoms with Gasteiger partial charge in [-0.3, -0.25) is 4.79 Å². The first-order valence-electron chi connectivity index (χ1n) is 5.65. The van der Waals surface area contributed by atoms with E-state index in [4.69, 9.17) is 4.42 Å². The van der Waals surface area contributed by atoms with Gasteiger partial charge in [0, 0.05) is 5.56 Å². The summed E-state index contributed by atoms with van der Waals surface area (Å²) in [6, 6.07) is 9.40. The van der Waals surface area contributed by atoms with Crippen molar-refractivity contribution in [3.05, 3.63) is 55.1 Å². The number of benzene rings is 1. The second-order valence-electron chi connectivity index (χ2n) is 3.86. The molecule has 0 saturated heterocycles. The molecule has 4 heteroatoms. The van der Waals surface area contributed by atoms with Crippen LogP contribution in [0.2, 0.25) is 0 Å². The summed E-state index contributed by atoms with van der Waals surface area (Å²) in [6.07, 6.45) is 2.87.